The van der Waals surface area contributed by atoms with E-state index >= 15 is 0 Å². The van der Waals surface area contributed by atoms with Crippen LogP contribution in [0.2, 0.25) is 0 Å². The number of amides is 2. The van der Waals surface area contributed by atoms with Crippen molar-refractivity contribution >= 4 is 29.2 Å². The Hall–Kier alpha value is -2.41. The zero-order valence-corrected chi connectivity index (χ0v) is 12.8. The van der Waals surface area contributed by atoms with Gasteiger partial charge in [0.25, 0.3) is 5.91 Å². The van der Waals surface area contributed by atoms with Crippen molar-refractivity contribution in [1.29, 1.82) is 0 Å². The summed E-state index contributed by atoms with van der Waals surface area (Å²) < 4.78 is 10.5. The molecular formula is C16H18N2O5. The Labute approximate surface area is 133 Å². The van der Waals surface area contributed by atoms with Crippen LogP contribution >= 0.6 is 0 Å². The van der Waals surface area contributed by atoms with Crippen LogP contribution in [0.3, 0.4) is 0 Å². The van der Waals surface area contributed by atoms with Gasteiger partial charge in [-0.25, -0.2) is 4.79 Å². The third-order valence-electron chi connectivity index (χ3n) is 3.87. The number of carbonyl (C=O) groups is 3. The first-order chi connectivity index (χ1) is 11.1. The molecule has 2 heterocycles. The van der Waals surface area contributed by atoms with Crippen molar-refractivity contribution < 1.29 is 23.9 Å². The number of carbonyl (C=O) groups excluding carboxylic acids is 3. The molecule has 1 N–H and O–H groups in total. The number of hydrogen-bond donors (Lipinski definition) is 1. The molecule has 0 bridgehead atoms. The summed E-state index contributed by atoms with van der Waals surface area (Å²) in [7, 11) is 0. The third-order valence-corrected chi connectivity index (χ3v) is 3.87. The number of rotatable bonds is 3. The Morgan fingerprint density at radius 2 is 2.17 bits per heavy atom. The van der Waals surface area contributed by atoms with E-state index in [-0.39, 0.29) is 12.5 Å². The van der Waals surface area contributed by atoms with Crippen LogP contribution in [0.4, 0.5) is 11.4 Å². The molecule has 3 rings (SSSR count). The molecule has 0 unspecified atom stereocenters. The first kappa shape index (κ1) is 15.5. The van der Waals surface area contributed by atoms with Gasteiger partial charge in [-0.05, 0) is 31.9 Å². The van der Waals surface area contributed by atoms with Crippen LogP contribution in [0.15, 0.2) is 24.3 Å². The van der Waals surface area contributed by atoms with Crippen LogP contribution in [0.25, 0.3) is 0 Å². The summed E-state index contributed by atoms with van der Waals surface area (Å²) in [6.07, 6.45) is -0.163. The van der Waals surface area contributed by atoms with Crippen molar-refractivity contribution in [3.05, 3.63) is 24.3 Å². The van der Waals surface area contributed by atoms with E-state index in [1.54, 1.807) is 24.3 Å². The second-order valence-corrected chi connectivity index (χ2v) is 5.57. The molecule has 0 radical (unpaired) electrons. The fourth-order valence-corrected chi connectivity index (χ4v) is 2.71. The normalized spacial score (nSPS) is 21.3. The molecule has 23 heavy (non-hydrogen) atoms. The van der Waals surface area contributed by atoms with Crippen LogP contribution in [0.5, 0.6) is 0 Å². The molecule has 122 valence electrons. The molecule has 1 aromatic carbocycles. The smallest absolute Gasteiger partial charge is 0.336 e. The van der Waals surface area contributed by atoms with E-state index in [1.807, 2.05) is 0 Å². The van der Waals surface area contributed by atoms with Gasteiger partial charge in [0.1, 0.15) is 6.54 Å². The number of ether oxygens (including phenoxy) is 2. The highest BCUT2D eigenvalue weighted by Gasteiger charge is 2.33. The summed E-state index contributed by atoms with van der Waals surface area (Å²) in [6, 6.07) is 7.00. The van der Waals surface area contributed by atoms with Crippen molar-refractivity contribution in [2.24, 2.45) is 0 Å². The third kappa shape index (κ3) is 3.19. The zero-order valence-electron chi connectivity index (χ0n) is 12.8. The number of esters is 1. The lowest BCUT2D eigenvalue weighted by Gasteiger charge is -2.31. The van der Waals surface area contributed by atoms with Crippen LogP contribution in [0.1, 0.15) is 19.8 Å². The standard InChI is InChI=1S/C16H18N2O5/c1-10(23-16(21)13-7-4-8-22-13)15(20)18-9-14(19)17-11-5-2-3-6-12(11)18/h2-3,5-6,10,13H,4,7-9H2,1H3,(H,17,19)/t10-,13+/m0/s1. The molecule has 7 nitrogen and oxygen atoms in total. The van der Waals surface area contributed by atoms with Crippen molar-refractivity contribution in [3.63, 3.8) is 0 Å². The maximum Gasteiger partial charge on any atom is 0.336 e. The van der Waals surface area contributed by atoms with E-state index in [9.17, 15) is 14.4 Å². The van der Waals surface area contributed by atoms with E-state index in [4.69, 9.17) is 9.47 Å². The number of hydrogen-bond acceptors (Lipinski definition) is 5. The average molecular weight is 318 g/mol. The van der Waals surface area contributed by atoms with Crippen LogP contribution in [0, 0.1) is 0 Å². The average Bonchev–Trinajstić information content (AvgIpc) is 3.07. The van der Waals surface area contributed by atoms with Gasteiger partial charge in [-0.15, -0.1) is 0 Å². The quantitative estimate of drug-likeness (QED) is 0.843. The minimum atomic E-state index is -0.981. The second-order valence-electron chi connectivity index (χ2n) is 5.57. The monoisotopic (exact) mass is 318 g/mol. The Balaban J connectivity index is 1.72. The molecule has 0 aromatic heterocycles. The van der Waals surface area contributed by atoms with Crippen LogP contribution < -0.4 is 10.2 Å². The fourth-order valence-electron chi connectivity index (χ4n) is 2.71. The highest BCUT2D eigenvalue weighted by Crippen LogP contribution is 2.29. The predicted octanol–water partition coefficient (Wildman–Crippen LogP) is 1.08. The van der Waals surface area contributed by atoms with Crippen molar-refractivity contribution in [1.82, 2.24) is 0 Å². The fraction of sp³-hybridized carbons (Fsp3) is 0.438. The highest BCUT2D eigenvalue weighted by atomic mass is 16.6. The molecule has 2 aliphatic rings. The summed E-state index contributed by atoms with van der Waals surface area (Å²) in [5.74, 6) is -1.24. The Morgan fingerprint density at radius 3 is 2.91 bits per heavy atom. The van der Waals surface area contributed by atoms with Gasteiger partial charge in [0, 0.05) is 6.61 Å². The number of fused-ring (bicyclic) bond motifs is 1. The first-order valence-electron chi connectivity index (χ1n) is 7.58. The number of anilines is 2. The molecule has 7 heteroatoms. The minimum absolute atomic E-state index is 0.0995. The molecule has 2 aliphatic heterocycles. The van der Waals surface area contributed by atoms with Gasteiger partial charge in [-0.3, -0.25) is 14.5 Å². The zero-order chi connectivity index (χ0) is 16.4. The summed E-state index contributed by atoms with van der Waals surface area (Å²) in [4.78, 5) is 37.6. The summed E-state index contributed by atoms with van der Waals surface area (Å²) >= 11 is 0. The van der Waals surface area contributed by atoms with Gasteiger partial charge < -0.3 is 14.8 Å². The van der Waals surface area contributed by atoms with Crippen molar-refractivity contribution in [2.45, 2.75) is 32.0 Å². The SMILES string of the molecule is C[C@H](OC(=O)[C@H]1CCCO1)C(=O)N1CC(=O)Nc2ccccc21. The van der Waals surface area contributed by atoms with Gasteiger partial charge in [0.05, 0.1) is 11.4 Å². The molecule has 0 spiro atoms. The van der Waals surface area contributed by atoms with Crippen molar-refractivity contribution in [2.75, 3.05) is 23.4 Å². The van der Waals surface area contributed by atoms with E-state index < -0.39 is 24.1 Å². The van der Waals surface area contributed by atoms with Gasteiger partial charge in [-0.2, -0.15) is 0 Å². The number of nitrogens with zero attached hydrogens (tertiary/aromatic N) is 1. The first-order valence-corrected chi connectivity index (χ1v) is 7.58. The maximum absolute atomic E-state index is 12.6. The minimum Gasteiger partial charge on any atom is -0.451 e. The lowest BCUT2D eigenvalue weighted by molar-refractivity contribution is -0.162. The van der Waals surface area contributed by atoms with Gasteiger partial charge in [0.15, 0.2) is 12.2 Å². The van der Waals surface area contributed by atoms with Gasteiger partial charge in [0.2, 0.25) is 5.91 Å². The number of para-hydroxylation sites is 2. The molecule has 0 aliphatic carbocycles. The summed E-state index contributed by atoms with van der Waals surface area (Å²) in [6.45, 7) is 1.93. The molecule has 1 aromatic rings. The van der Waals surface area contributed by atoms with Gasteiger partial charge >= 0.3 is 5.97 Å². The topological polar surface area (TPSA) is 84.9 Å². The number of benzene rings is 1. The van der Waals surface area contributed by atoms with Crippen LogP contribution in [-0.2, 0) is 23.9 Å². The van der Waals surface area contributed by atoms with E-state index in [0.29, 0.717) is 24.4 Å². The highest BCUT2D eigenvalue weighted by molar-refractivity contribution is 6.11. The van der Waals surface area contributed by atoms with E-state index in [1.165, 1.54) is 11.8 Å². The molecule has 2 atom stereocenters. The Kier molecular flexibility index (Phi) is 4.29. The Bertz CT molecular complexity index is 639. The molecule has 1 saturated heterocycles. The van der Waals surface area contributed by atoms with Crippen LogP contribution in [-0.4, -0.2) is 43.1 Å². The Morgan fingerprint density at radius 1 is 1.39 bits per heavy atom. The lowest BCUT2D eigenvalue weighted by Crippen LogP contribution is -2.47. The van der Waals surface area contributed by atoms with E-state index in [2.05, 4.69) is 5.32 Å². The van der Waals surface area contributed by atoms with Gasteiger partial charge in [-0.1, -0.05) is 12.1 Å². The molecular weight excluding hydrogens is 300 g/mol. The summed E-state index contributed by atoms with van der Waals surface area (Å²) in [5.41, 5.74) is 1.16. The van der Waals surface area contributed by atoms with Crippen molar-refractivity contribution in [3.8, 4) is 0 Å². The largest absolute Gasteiger partial charge is 0.451 e. The molecule has 0 saturated carbocycles. The predicted molar refractivity (Wildman–Crippen MR) is 82.0 cm³/mol. The molecule has 2 amide bonds. The maximum atomic E-state index is 12.6. The lowest BCUT2D eigenvalue weighted by atomic mass is 10.1. The second kappa shape index (κ2) is 6.37. The molecule has 1 fully saturated rings. The van der Waals surface area contributed by atoms with E-state index in [0.717, 1.165) is 6.42 Å². The number of nitrogens with one attached hydrogen (secondary N) is 1. The summed E-state index contributed by atoms with van der Waals surface area (Å²) in [5, 5.41) is 2.71.